The average molecular weight is 240 g/mol. The average Bonchev–Trinajstić information content (AvgIpc) is 2.36. The van der Waals surface area contributed by atoms with E-state index in [1.807, 2.05) is 4.90 Å². The molecule has 5 nitrogen and oxygen atoms in total. The predicted octanol–water partition coefficient (Wildman–Crippen LogP) is 0.316. The zero-order valence-corrected chi connectivity index (χ0v) is 10.3. The summed E-state index contributed by atoms with van der Waals surface area (Å²) in [5.74, 6) is -0.332. The number of hydrogen-bond donors (Lipinski definition) is 1. The van der Waals surface area contributed by atoms with Gasteiger partial charge >= 0.3 is 5.97 Å². The lowest BCUT2D eigenvalue weighted by molar-refractivity contribution is -0.148. The number of carbonyl (C=O) groups excluding carboxylic acids is 2. The Labute approximate surface area is 102 Å². The molecular formula is C12H20N2O3. The molecule has 1 unspecified atom stereocenters. The maximum Gasteiger partial charge on any atom is 0.323 e. The van der Waals surface area contributed by atoms with E-state index >= 15 is 0 Å². The van der Waals surface area contributed by atoms with Gasteiger partial charge in [0.25, 0.3) is 0 Å². The summed E-state index contributed by atoms with van der Waals surface area (Å²) in [6, 6.07) is -0.275. The van der Waals surface area contributed by atoms with Crippen LogP contribution >= 0.6 is 0 Å². The predicted molar refractivity (Wildman–Crippen MR) is 64.4 cm³/mol. The molecule has 1 fully saturated rings. The SMILES string of the molecule is C=CCNC(=O)CN1CCCCC1C(=O)OC. The van der Waals surface area contributed by atoms with E-state index in [1.54, 1.807) is 6.08 Å². The molecular weight excluding hydrogens is 220 g/mol. The first-order valence-electron chi connectivity index (χ1n) is 5.88. The van der Waals surface area contributed by atoms with E-state index < -0.39 is 0 Å². The third-order valence-electron chi connectivity index (χ3n) is 2.88. The molecule has 1 rings (SSSR count). The van der Waals surface area contributed by atoms with Crippen molar-refractivity contribution in [2.24, 2.45) is 0 Å². The van der Waals surface area contributed by atoms with Gasteiger partial charge in [0.2, 0.25) is 5.91 Å². The highest BCUT2D eigenvalue weighted by molar-refractivity contribution is 5.80. The van der Waals surface area contributed by atoms with Crippen molar-refractivity contribution in [2.45, 2.75) is 25.3 Å². The first-order valence-corrected chi connectivity index (χ1v) is 5.88. The summed E-state index contributed by atoms with van der Waals surface area (Å²) >= 11 is 0. The fourth-order valence-electron chi connectivity index (χ4n) is 2.01. The molecule has 0 aromatic carbocycles. The van der Waals surface area contributed by atoms with Crippen molar-refractivity contribution in [3.05, 3.63) is 12.7 Å². The van der Waals surface area contributed by atoms with Crippen LogP contribution in [0.3, 0.4) is 0 Å². The zero-order valence-electron chi connectivity index (χ0n) is 10.3. The summed E-state index contributed by atoms with van der Waals surface area (Å²) in [4.78, 5) is 25.0. The van der Waals surface area contributed by atoms with Crippen LogP contribution in [-0.2, 0) is 14.3 Å². The molecule has 1 aliphatic rings. The van der Waals surface area contributed by atoms with Gasteiger partial charge in [0, 0.05) is 6.54 Å². The molecule has 5 heteroatoms. The first kappa shape index (κ1) is 13.7. The van der Waals surface area contributed by atoms with Crippen molar-refractivity contribution in [3.8, 4) is 0 Å². The van der Waals surface area contributed by atoms with Gasteiger partial charge in [0.15, 0.2) is 0 Å². The second-order valence-electron chi connectivity index (χ2n) is 4.10. The number of carbonyl (C=O) groups is 2. The molecule has 1 atom stereocenters. The standard InChI is InChI=1S/C12H20N2O3/c1-3-7-13-11(15)9-14-8-5-4-6-10(14)12(16)17-2/h3,10H,1,4-9H2,2H3,(H,13,15). The number of hydrogen-bond acceptors (Lipinski definition) is 4. The Morgan fingerprint density at radius 3 is 2.94 bits per heavy atom. The molecule has 0 aromatic rings. The monoisotopic (exact) mass is 240 g/mol. The van der Waals surface area contributed by atoms with E-state index in [2.05, 4.69) is 11.9 Å². The Kier molecular flexibility index (Phi) is 5.69. The Morgan fingerprint density at radius 2 is 2.29 bits per heavy atom. The van der Waals surface area contributed by atoms with Gasteiger partial charge in [-0.3, -0.25) is 14.5 Å². The molecule has 0 saturated carbocycles. The largest absolute Gasteiger partial charge is 0.468 e. The Morgan fingerprint density at radius 1 is 1.53 bits per heavy atom. The normalized spacial score (nSPS) is 20.6. The fourth-order valence-corrected chi connectivity index (χ4v) is 2.01. The second kappa shape index (κ2) is 7.06. The summed E-state index contributed by atoms with van der Waals surface area (Å²) in [6.07, 6.45) is 4.42. The van der Waals surface area contributed by atoms with E-state index in [1.165, 1.54) is 7.11 Å². The van der Waals surface area contributed by atoms with Gasteiger partial charge in [0.1, 0.15) is 6.04 Å². The maximum atomic E-state index is 11.6. The van der Waals surface area contributed by atoms with Crippen LogP contribution in [0.15, 0.2) is 12.7 Å². The van der Waals surface area contributed by atoms with Gasteiger partial charge in [-0.05, 0) is 19.4 Å². The molecule has 0 spiro atoms. The molecule has 1 heterocycles. The summed E-state index contributed by atoms with van der Waals surface area (Å²) in [5, 5.41) is 2.71. The zero-order chi connectivity index (χ0) is 12.7. The summed E-state index contributed by atoms with van der Waals surface area (Å²) in [6.45, 7) is 5.00. The number of piperidine rings is 1. The minimum absolute atomic E-state index is 0.0827. The van der Waals surface area contributed by atoms with Crippen LogP contribution < -0.4 is 5.32 Å². The van der Waals surface area contributed by atoms with Gasteiger partial charge < -0.3 is 10.1 Å². The van der Waals surface area contributed by atoms with Crippen molar-refractivity contribution >= 4 is 11.9 Å². The molecule has 0 bridgehead atoms. The minimum atomic E-state index is -0.275. The Balaban J connectivity index is 2.50. The lowest BCUT2D eigenvalue weighted by atomic mass is 10.0. The van der Waals surface area contributed by atoms with Gasteiger partial charge in [-0.15, -0.1) is 6.58 Å². The van der Waals surface area contributed by atoms with Crippen molar-refractivity contribution in [1.82, 2.24) is 10.2 Å². The van der Waals surface area contributed by atoms with Crippen molar-refractivity contribution < 1.29 is 14.3 Å². The topological polar surface area (TPSA) is 58.6 Å². The quantitative estimate of drug-likeness (QED) is 0.555. The summed E-state index contributed by atoms with van der Waals surface area (Å²) in [5.41, 5.74) is 0. The number of nitrogens with one attached hydrogen (secondary N) is 1. The first-order chi connectivity index (χ1) is 8.19. The third-order valence-corrected chi connectivity index (χ3v) is 2.88. The smallest absolute Gasteiger partial charge is 0.323 e. The maximum absolute atomic E-state index is 11.6. The highest BCUT2D eigenvalue weighted by Crippen LogP contribution is 2.17. The van der Waals surface area contributed by atoms with Crippen LogP contribution in [0.5, 0.6) is 0 Å². The van der Waals surface area contributed by atoms with Crippen LogP contribution in [0.1, 0.15) is 19.3 Å². The van der Waals surface area contributed by atoms with Crippen LogP contribution in [0.2, 0.25) is 0 Å². The van der Waals surface area contributed by atoms with Gasteiger partial charge in [-0.2, -0.15) is 0 Å². The van der Waals surface area contributed by atoms with Crippen molar-refractivity contribution in [2.75, 3.05) is 26.7 Å². The lowest BCUT2D eigenvalue weighted by Gasteiger charge is -2.32. The van der Waals surface area contributed by atoms with E-state index in [4.69, 9.17) is 4.74 Å². The summed E-state index contributed by atoms with van der Waals surface area (Å²) < 4.78 is 4.75. The molecule has 0 radical (unpaired) electrons. The molecule has 1 saturated heterocycles. The molecule has 17 heavy (non-hydrogen) atoms. The van der Waals surface area contributed by atoms with Crippen molar-refractivity contribution in [1.29, 1.82) is 0 Å². The van der Waals surface area contributed by atoms with Gasteiger partial charge in [-0.25, -0.2) is 0 Å². The number of likely N-dealkylation sites (tertiary alicyclic amines) is 1. The molecule has 96 valence electrons. The van der Waals surface area contributed by atoms with E-state index in [-0.39, 0.29) is 24.5 Å². The van der Waals surface area contributed by atoms with E-state index in [0.717, 1.165) is 25.8 Å². The Bertz CT molecular complexity index is 291. The number of ether oxygens (including phenoxy) is 1. The minimum Gasteiger partial charge on any atom is -0.468 e. The molecule has 1 aliphatic heterocycles. The highest BCUT2D eigenvalue weighted by atomic mass is 16.5. The van der Waals surface area contributed by atoms with Crippen LogP contribution in [0.4, 0.5) is 0 Å². The van der Waals surface area contributed by atoms with Gasteiger partial charge in [0.05, 0.1) is 13.7 Å². The molecule has 0 aromatic heterocycles. The van der Waals surface area contributed by atoms with Crippen LogP contribution in [-0.4, -0.2) is 49.6 Å². The second-order valence-corrected chi connectivity index (χ2v) is 4.10. The van der Waals surface area contributed by atoms with Crippen LogP contribution in [0, 0.1) is 0 Å². The molecule has 0 aliphatic carbocycles. The third kappa shape index (κ3) is 4.19. The molecule has 1 amide bonds. The number of rotatable bonds is 5. The number of methoxy groups -OCH3 is 1. The number of nitrogens with zero attached hydrogens (tertiary/aromatic N) is 1. The number of esters is 1. The van der Waals surface area contributed by atoms with E-state index in [0.29, 0.717) is 6.54 Å². The highest BCUT2D eigenvalue weighted by Gasteiger charge is 2.30. The lowest BCUT2D eigenvalue weighted by Crippen LogP contribution is -2.49. The van der Waals surface area contributed by atoms with Crippen LogP contribution in [0.25, 0.3) is 0 Å². The fraction of sp³-hybridized carbons (Fsp3) is 0.667. The van der Waals surface area contributed by atoms with E-state index in [9.17, 15) is 9.59 Å². The van der Waals surface area contributed by atoms with Gasteiger partial charge in [-0.1, -0.05) is 12.5 Å². The molecule has 1 N–H and O–H groups in total. The number of amides is 1. The van der Waals surface area contributed by atoms with Crippen molar-refractivity contribution in [3.63, 3.8) is 0 Å². The Hall–Kier alpha value is -1.36. The summed E-state index contributed by atoms with van der Waals surface area (Å²) in [7, 11) is 1.38.